The minimum Gasteiger partial charge on any atom is -0.462 e. The lowest BCUT2D eigenvalue weighted by molar-refractivity contribution is -0.161. The summed E-state index contributed by atoms with van der Waals surface area (Å²) in [7, 11) is -10.00. The highest BCUT2D eigenvalue weighted by atomic mass is 31.2. The van der Waals surface area contributed by atoms with E-state index in [0.29, 0.717) is 38.5 Å². The Kier molecular flexibility index (Phi) is 75.2. The largest absolute Gasteiger partial charge is 0.472 e. The lowest BCUT2D eigenvalue weighted by Crippen LogP contribution is -2.30. The molecule has 0 aliphatic rings. The smallest absolute Gasteiger partial charge is 0.462 e. The van der Waals surface area contributed by atoms with Crippen LogP contribution in [0.2, 0.25) is 0 Å². The number of phosphoric acid groups is 2. The van der Waals surface area contributed by atoms with Crippen LogP contribution in [0.1, 0.15) is 349 Å². The molecule has 3 N–H and O–H groups in total. The molecule has 0 radical (unpaired) electrons. The van der Waals surface area contributed by atoms with Gasteiger partial charge in [0.05, 0.1) is 26.4 Å². The molecule has 0 aromatic rings. The maximum absolute atomic E-state index is 13.1. The van der Waals surface area contributed by atoms with Gasteiger partial charge in [-0.25, -0.2) is 9.13 Å². The summed E-state index contributed by atoms with van der Waals surface area (Å²) < 4.78 is 68.6. The van der Waals surface area contributed by atoms with Crippen molar-refractivity contribution in [1.29, 1.82) is 0 Å². The third-order valence-corrected chi connectivity index (χ3v) is 19.4. The summed E-state index contributed by atoms with van der Waals surface area (Å²) in [6, 6.07) is 0. The Labute approximate surface area is 644 Å². The van der Waals surface area contributed by atoms with Crippen molar-refractivity contribution in [1.82, 2.24) is 0 Å². The van der Waals surface area contributed by atoms with Crippen LogP contribution in [-0.2, 0) is 65.4 Å². The van der Waals surface area contributed by atoms with Gasteiger partial charge in [-0.15, -0.1) is 0 Å². The molecule has 19 heteroatoms. The van der Waals surface area contributed by atoms with Crippen LogP contribution in [0.15, 0.2) is 122 Å². The van der Waals surface area contributed by atoms with Crippen LogP contribution in [0, 0.1) is 0 Å². The molecule has 0 saturated carbocycles. The van der Waals surface area contributed by atoms with Gasteiger partial charge >= 0.3 is 39.5 Å². The molecule has 610 valence electrons. The predicted octanol–water partition coefficient (Wildman–Crippen LogP) is 24.7. The zero-order valence-electron chi connectivity index (χ0n) is 66.8. The van der Waals surface area contributed by atoms with Gasteiger partial charge in [-0.05, 0) is 103 Å². The third-order valence-electron chi connectivity index (χ3n) is 17.5. The summed E-state index contributed by atoms with van der Waals surface area (Å²) >= 11 is 0. The van der Waals surface area contributed by atoms with Crippen molar-refractivity contribution < 1.29 is 80.2 Å². The van der Waals surface area contributed by atoms with Crippen LogP contribution >= 0.6 is 15.6 Å². The molecule has 0 spiro atoms. The first-order valence-corrected chi connectivity index (χ1v) is 44.8. The fraction of sp³-hybridized carbons (Fsp3) is 0.724. The fourth-order valence-electron chi connectivity index (χ4n) is 11.1. The third kappa shape index (κ3) is 77.6. The number of aliphatic hydroxyl groups is 1. The standard InChI is InChI=1S/C87H150O17P2/c1-5-9-13-17-21-25-29-33-37-39-40-42-45-48-52-56-60-64-68-72-85(90)98-78-82(103-86(91)73-69-65-61-57-53-49-44-36-32-28-24-20-16-12-8-4)79-101-105(93,94)99-75-81(88)76-100-106(95,96)102-80-83(77-97-84(89)71-67-63-59-55-51-47-43-35-31-27-23-19-15-11-7-3)104-87(92)74-70-66-62-58-54-50-46-41-38-34-30-26-22-18-14-10-6-2/h9,13,21-22,25-26,33-34,37-38,40,42,46,48,50,52,58,60,62,64,81-83,88H,5-8,10-12,14-20,23-24,27-32,35-36,39,41,43-45,47,49,51,53-57,59,61,63,65-80H2,1-4H3,(H,93,94)(H,95,96)/b13-9-,25-21-,26-22-,37-33-,38-34-,42-40-,50-46-,52-48-,62-58-,64-60-/t81-,82-,83-/m1/s1. The summed E-state index contributed by atoms with van der Waals surface area (Å²) in [5.74, 6) is -2.32. The van der Waals surface area contributed by atoms with Crippen molar-refractivity contribution in [3.63, 3.8) is 0 Å². The second kappa shape index (κ2) is 78.6. The maximum Gasteiger partial charge on any atom is 0.472 e. The van der Waals surface area contributed by atoms with Gasteiger partial charge in [0.15, 0.2) is 12.2 Å². The number of esters is 4. The van der Waals surface area contributed by atoms with Crippen LogP contribution in [0.4, 0.5) is 0 Å². The Morgan fingerprint density at radius 2 is 0.519 bits per heavy atom. The molecular formula is C87H150O17P2. The van der Waals surface area contributed by atoms with E-state index in [4.69, 9.17) is 37.0 Å². The SMILES string of the molecule is CC/C=C\C/C=C\C/C=C\C/C=C\C/C=C\C/C=C\CCC(=O)OC[C@H](COP(=O)(O)OC[C@@H](O)COP(=O)(O)OC[C@@H](COC(=O)CCCCCCCCCCCCCCCCC)OC(=O)CCC/C=C\C/C=C\C/C=C\C/C=C\CCCCC)OC(=O)CCCCCCCCCCCCCCCCC. The molecule has 0 aliphatic heterocycles. The van der Waals surface area contributed by atoms with Gasteiger partial charge in [-0.2, -0.15) is 0 Å². The number of rotatable bonds is 78. The fourth-order valence-corrected chi connectivity index (χ4v) is 12.7. The molecule has 106 heavy (non-hydrogen) atoms. The second-order valence-electron chi connectivity index (χ2n) is 27.7. The van der Waals surface area contributed by atoms with Gasteiger partial charge in [0.25, 0.3) is 0 Å². The van der Waals surface area contributed by atoms with Crippen LogP contribution in [-0.4, -0.2) is 96.7 Å². The van der Waals surface area contributed by atoms with E-state index in [2.05, 4.69) is 119 Å². The van der Waals surface area contributed by atoms with Crippen LogP contribution in [0.25, 0.3) is 0 Å². The van der Waals surface area contributed by atoms with E-state index in [1.54, 1.807) is 0 Å². The Hall–Kier alpha value is -4.54. The molecule has 0 aromatic carbocycles. The van der Waals surface area contributed by atoms with Gasteiger partial charge in [0, 0.05) is 25.7 Å². The molecular weight excluding hydrogens is 1380 g/mol. The number of hydrogen-bond acceptors (Lipinski definition) is 15. The summed E-state index contributed by atoms with van der Waals surface area (Å²) in [5, 5.41) is 10.7. The average Bonchev–Trinajstić information content (AvgIpc) is 0.905. The Balaban J connectivity index is 5.46. The summed E-state index contributed by atoms with van der Waals surface area (Å²) in [6.07, 6.45) is 87.6. The van der Waals surface area contributed by atoms with Gasteiger partial charge < -0.3 is 33.8 Å². The normalized spacial score (nSPS) is 14.4. The molecule has 0 bridgehead atoms. The Bertz CT molecular complexity index is 2480. The van der Waals surface area contributed by atoms with E-state index in [-0.39, 0.29) is 25.7 Å². The first-order chi connectivity index (χ1) is 51.7. The predicted molar refractivity (Wildman–Crippen MR) is 436 cm³/mol. The summed E-state index contributed by atoms with van der Waals surface area (Å²) in [6.45, 7) is 4.64. The van der Waals surface area contributed by atoms with Crippen molar-refractivity contribution in [2.24, 2.45) is 0 Å². The molecule has 0 aliphatic carbocycles. The topological polar surface area (TPSA) is 237 Å². The van der Waals surface area contributed by atoms with Crippen LogP contribution in [0.3, 0.4) is 0 Å². The molecule has 5 atom stereocenters. The molecule has 0 rings (SSSR count). The zero-order chi connectivity index (χ0) is 77.4. The Morgan fingerprint density at radius 1 is 0.274 bits per heavy atom. The van der Waals surface area contributed by atoms with Gasteiger partial charge in [-0.1, -0.05) is 342 Å². The molecule has 17 nitrogen and oxygen atoms in total. The Morgan fingerprint density at radius 3 is 0.849 bits per heavy atom. The number of allylic oxidation sites excluding steroid dienone is 20. The quantitative estimate of drug-likeness (QED) is 0.0169. The van der Waals surface area contributed by atoms with Crippen molar-refractivity contribution >= 4 is 39.5 Å². The molecule has 0 aromatic heterocycles. The number of aliphatic hydroxyl groups excluding tert-OH is 1. The number of hydrogen-bond donors (Lipinski definition) is 3. The second-order valence-corrected chi connectivity index (χ2v) is 30.6. The van der Waals surface area contributed by atoms with Crippen molar-refractivity contribution in [3.8, 4) is 0 Å². The lowest BCUT2D eigenvalue weighted by atomic mass is 10.0. The highest BCUT2D eigenvalue weighted by Gasteiger charge is 2.30. The van der Waals surface area contributed by atoms with Gasteiger partial charge in [0.2, 0.25) is 0 Å². The van der Waals surface area contributed by atoms with E-state index < -0.39 is 97.5 Å². The molecule has 0 amide bonds. The first kappa shape index (κ1) is 101. The number of unbranched alkanes of at least 4 members (excludes halogenated alkanes) is 32. The highest BCUT2D eigenvalue weighted by Crippen LogP contribution is 2.45. The van der Waals surface area contributed by atoms with Gasteiger partial charge in [-0.3, -0.25) is 37.3 Å². The minimum atomic E-state index is -5.00. The van der Waals surface area contributed by atoms with Crippen molar-refractivity contribution in [3.05, 3.63) is 122 Å². The number of carbonyl (C=O) groups is 4. The van der Waals surface area contributed by atoms with E-state index in [1.165, 1.54) is 154 Å². The number of ether oxygens (including phenoxy) is 4. The number of carbonyl (C=O) groups excluding carboxylic acids is 4. The van der Waals surface area contributed by atoms with Crippen LogP contribution < -0.4 is 0 Å². The zero-order valence-corrected chi connectivity index (χ0v) is 68.6. The molecule has 0 heterocycles. The number of phosphoric ester groups is 2. The first-order valence-electron chi connectivity index (χ1n) is 41.8. The van der Waals surface area contributed by atoms with Gasteiger partial charge in [0.1, 0.15) is 19.3 Å². The maximum atomic E-state index is 13.1. The van der Waals surface area contributed by atoms with E-state index in [9.17, 15) is 43.2 Å². The summed E-state index contributed by atoms with van der Waals surface area (Å²) in [4.78, 5) is 73.1. The van der Waals surface area contributed by atoms with E-state index >= 15 is 0 Å². The highest BCUT2D eigenvalue weighted by molar-refractivity contribution is 7.47. The summed E-state index contributed by atoms with van der Waals surface area (Å²) in [5.41, 5.74) is 0. The average molecular weight is 1530 g/mol. The molecule has 0 saturated heterocycles. The van der Waals surface area contributed by atoms with E-state index in [0.717, 1.165) is 103 Å². The molecule has 0 fully saturated rings. The minimum absolute atomic E-state index is 0.0185. The molecule has 2 unspecified atom stereocenters. The lowest BCUT2D eigenvalue weighted by Gasteiger charge is -2.21. The van der Waals surface area contributed by atoms with Crippen molar-refractivity contribution in [2.75, 3.05) is 39.6 Å². The van der Waals surface area contributed by atoms with Crippen LogP contribution in [0.5, 0.6) is 0 Å². The van der Waals surface area contributed by atoms with Crippen molar-refractivity contribution in [2.45, 2.75) is 367 Å². The monoisotopic (exact) mass is 1530 g/mol. The van der Waals surface area contributed by atoms with E-state index in [1.807, 2.05) is 30.4 Å².